The van der Waals surface area contributed by atoms with Gasteiger partial charge in [-0.25, -0.2) is 0 Å². The average Bonchev–Trinajstić information content (AvgIpc) is 2.64. The van der Waals surface area contributed by atoms with E-state index in [0.717, 1.165) is 18.1 Å². The van der Waals surface area contributed by atoms with Crippen LogP contribution < -0.4 is 5.32 Å². The molecule has 4 heteroatoms. The Bertz CT molecular complexity index is 447. The van der Waals surface area contributed by atoms with Crippen molar-refractivity contribution in [2.75, 3.05) is 6.54 Å². The topological polar surface area (TPSA) is 29.9 Å². The molecule has 3 nitrogen and oxygen atoms in total. The summed E-state index contributed by atoms with van der Waals surface area (Å²) in [7, 11) is 0. The molecule has 21 heavy (non-hydrogen) atoms. The summed E-state index contributed by atoms with van der Waals surface area (Å²) in [6.45, 7) is 10.8. The second-order valence-corrected chi connectivity index (χ2v) is 7.74. The van der Waals surface area contributed by atoms with E-state index in [-0.39, 0.29) is 5.54 Å². The van der Waals surface area contributed by atoms with Crippen LogP contribution in [0.1, 0.15) is 71.4 Å². The van der Waals surface area contributed by atoms with Crippen LogP contribution in [0.25, 0.3) is 0 Å². The molecular weight excluding hydrogens is 282 g/mol. The third kappa shape index (κ3) is 4.46. The van der Waals surface area contributed by atoms with Gasteiger partial charge in [0.05, 0.1) is 16.9 Å². The standard InChI is InChI=1S/C17H30ClN3/c1-5-21-16(15(18)12-20-21)14-10-8-6-7-9-13(14)11-19-17(2,3)4/h12-14,19H,5-11H2,1-4H3. The second-order valence-electron chi connectivity index (χ2n) is 7.33. The van der Waals surface area contributed by atoms with Crippen LogP contribution in [0.15, 0.2) is 6.20 Å². The highest BCUT2D eigenvalue weighted by Crippen LogP contribution is 2.39. The van der Waals surface area contributed by atoms with E-state index in [1.54, 1.807) is 0 Å². The lowest BCUT2D eigenvalue weighted by Crippen LogP contribution is -2.40. The summed E-state index contributed by atoms with van der Waals surface area (Å²) < 4.78 is 2.10. The number of aryl methyl sites for hydroxylation is 1. The number of rotatable bonds is 4. The molecule has 1 aromatic rings. The van der Waals surface area contributed by atoms with Gasteiger partial charge in [0.2, 0.25) is 0 Å². The van der Waals surface area contributed by atoms with Gasteiger partial charge in [-0.15, -0.1) is 0 Å². The molecule has 1 saturated carbocycles. The fraction of sp³-hybridized carbons (Fsp3) is 0.824. The van der Waals surface area contributed by atoms with E-state index >= 15 is 0 Å². The first-order valence-electron chi connectivity index (χ1n) is 8.38. The van der Waals surface area contributed by atoms with Gasteiger partial charge in [0, 0.05) is 18.0 Å². The first-order valence-corrected chi connectivity index (χ1v) is 8.76. The van der Waals surface area contributed by atoms with Crippen LogP contribution in [0.5, 0.6) is 0 Å². The van der Waals surface area contributed by atoms with Crippen molar-refractivity contribution in [1.82, 2.24) is 15.1 Å². The molecule has 1 N–H and O–H groups in total. The molecule has 0 aromatic carbocycles. The molecule has 2 atom stereocenters. The Hall–Kier alpha value is -0.540. The van der Waals surface area contributed by atoms with Crippen LogP contribution in [0.3, 0.4) is 0 Å². The quantitative estimate of drug-likeness (QED) is 0.823. The third-order valence-corrected chi connectivity index (χ3v) is 4.83. The summed E-state index contributed by atoms with van der Waals surface area (Å²) in [5.41, 5.74) is 1.44. The molecule has 1 aliphatic carbocycles. The number of hydrogen-bond donors (Lipinski definition) is 1. The minimum absolute atomic E-state index is 0.172. The largest absolute Gasteiger partial charge is 0.312 e. The number of hydrogen-bond acceptors (Lipinski definition) is 2. The zero-order chi connectivity index (χ0) is 15.5. The molecule has 1 fully saturated rings. The van der Waals surface area contributed by atoms with Gasteiger partial charge in [-0.05, 0) is 53.0 Å². The number of nitrogens with one attached hydrogen (secondary N) is 1. The maximum Gasteiger partial charge on any atom is 0.0820 e. The summed E-state index contributed by atoms with van der Waals surface area (Å²) in [6, 6.07) is 0. The SMILES string of the molecule is CCn1ncc(Cl)c1C1CCCCCC1CNC(C)(C)C. The van der Waals surface area contributed by atoms with E-state index in [1.165, 1.54) is 37.8 Å². The Balaban J connectivity index is 2.21. The lowest BCUT2D eigenvalue weighted by atomic mass is 9.84. The molecular formula is C17H30ClN3. The third-order valence-electron chi connectivity index (χ3n) is 4.54. The minimum atomic E-state index is 0.172. The average molecular weight is 312 g/mol. The van der Waals surface area contributed by atoms with Gasteiger partial charge in [0.25, 0.3) is 0 Å². The normalized spacial score (nSPS) is 24.0. The predicted octanol–water partition coefficient (Wildman–Crippen LogP) is 4.61. The fourth-order valence-corrected chi connectivity index (χ4v) is 3.70. The van der Waals surface area contributed by atoms with Gasteiger partial charge in [0.15, 0.2) is 0 Å². The number of halogens is 1. The lowest BCUT2D eigenvalue weighted by Gasteiger charge is -2.30. The maximum atomic E-state index is 6.46. The van der Waals surface area contributed by atoms with Crippen LogP contribution in [0.2, 0.25) is 5.02 Å². The van der Waals surface area contributed by atoms with Crippen molar-refractivity contribution in [3.8, 4) is 0 Å². The Kier molecular flexibility index (Phi) is 5.73. The molecule has 0 saturated heterocycles. The van der Waals surface area contributed by atoms with Crippen LogP contribution in [-0.4, -0.2) is 21.9 Å². The highest BCUT2D eigenvalue weighted by atomic mass is 35.5. The molecule has 1 heterocycles. The molecule has 1 aromatic heterocycles. The van der Waals surface area contributed by atoms with Crippen LogP contribution >= 0.6 is 11.6 Å². The Morgan fingerprint density at radius 1 is 1.29 bits per heavy atom. The summed E-state index contributed by atoms with van der Waals surface area (Å²) in [5, 5.41) is 8.99. The molecule has 2 unspecified atom stereocenters. The van der Waals surface area contributed by atoms with Crippen molar-refractivity contribution in [3.05, 3.63) is 16.9 Å². The zero-order valence-corrected chi connectivity index (χ0v) is 14.7. The lowest BCUT2D eigenvalue weighted by molar-refractivity contribution is 0.313. The molecule has 0 amide bonds. The van der Waals surface area contributed by atoms with E-state index in [1.807, 2.05) is 6.20 Å². The first-order chi connectivity index (χ1) is 9.92. The molecule has 0 aliphatic heterocycles. The number of nitrogens with zero attached hydrogens (tertiary/aromatic N) is 2. The summed E-state index contributed by atoms with van der Waals surface area (Å²) in [6.07, 6.45) is 8.34. The van der Waals surface area contributed by atoms with Crippen LogP contribution in [-0.2, 0) is 6.54 Å². The molecule has 1 aliphatic rings. The maximum absolute atomic E-state index is 6.46. The van der Waals surface area contributed by atoms with Crippen molar-refractivity contribution in [3.63, 3.8) is 0 Å². The van der Waals surface area contributed by atoms with Crippen molar-refractivity contribution < 1.29 is 0 Å². The monoisotopic (exact) mass is 311 g/mol. The van der Waals surface area contributed by atoms with Crippen LogP contribution in [0, 0.1) is 5.92 Å². The van der Waals surface area contributed by atoms with Gasteiger partial charge >= 0.3 is 0 Å². The predicted molar refractivity (Wildman–Crippen MR) is 90.0 cm³/mol. The van der Waals surface area contributed by atoms with Gasteiger partial charge < -0.3 is 5.32 Å². The molecule has 0 bridgehead atoms. The molecule has 0 spiro atoms. The highest BCUT2D eigenvalue weighted by Gasteiger charge is 2.30. The highest BCUT2D eigenvalue weighted by molar-refractivity contribution is 6.31. The van der Waals surface area contributed by atoms with E-state index < -0.39 is 0 Å². The van der Waals surface area contributed by atoms with Crippen molar-refractivity contribution in [2.45, 2.75) is 77.8 Å². The number of aromatic nitrogens is 2. The van der Waals surface area contributed by atoms with E-state index in [9.17, 15) is 0 Å². The minimum Gasteiger partial charge on any atom is -0.312 e. The summed E-state index contributed by atoms with van der Waals surface area (Å²) in [4.78, 5) is 0. The van der Waals surface area contributed by atoms with Gasteiger partial charge in [-0.1, -0.05) is 30.9 Å². The molecule has 2 rings (SSSR count). The van der Waals surface area contributed by atoms with Crippen molar-refractivity contribution >= 4 is 11.6 Å². The van der Waals surface area contributed by atoms with E-state index in [2.05, 4.69) is 42.8 Å². The molecule has 0 radical (unpaired) electrons. The van der Waals surface area contributed by atoms with E-state index in [4.69, 9.17) is 11.6 Å². The Morgan fingerprint density at radius 2 is 2.00 bits per heavy atom. The van der Waals surface area contributed by atoms with E-state index in [0.29, 0.717) is 11.8 Å². The van der Waals surface area contributed by atoms with Crippen molar-refractivity contribution in [1.29, 1.82) is 0 Å². The Labute approximate surface area is 134 Å². The zero-order valence-electron chi connectivity index (χ0n) is 14.0. The van der Waals surface area contributed by atoms with Crippen LogP contribution in [0.4, 0.5) is 0 Å². The van der Waals surface area contributed by atoms with Gasteiger partial charge in [-0.3, -0.25) is 4.68 Å². The summed E-state index contributed by atoms with van der Waals surface area (Å²) >= 11 is 6.46. The van der Waals surface area contributed by atoms with Crippen molar-refractivity contribution in [2.24, 2.45) is 5.92 Å². The fourth-order valence-electron chi connectivity index (χ4n) is 3.42. The Morgan fingerprint density at radius 3 is 2.67 bits per heavy atom. The summed E-state index contributed by atoms with van der Waals surface area (Å²) in [5.74, 6) is 1.20. The van der Waals surface area contributed by atoms with Gasteiger partial charge in [0.1, 0.15) is 0 Å². The molecule has 120 valence electrons. The second kappa shape index (κ2) is 7.15. The van der Waals surface area contributed by atoms with Gasteiger partial charge in [-0.2, -0.15) is 5.10 Å². The smallest absolute Gasteiger partial charge is 0.0820 e. The first kappa shape index (κ1) is 16.8.